The normalized spacial score (nSPS) is 22.0. The number of amides is 1. The summed E-state index contributed by atoms with van der Waals surface area (Å²) in [5, 5.41) is 0. The van der Waals surface area contributed by atoms with Gasteiger partial charge < -0.3 is 9.64 Å². The zero-order chi connectivity index (χ0) is 16.3. The van der Waals surface area contributed by atoms with Crippen molar-refractivity contribution in [2.75, 3.05) is 26.0 Å². The molecule has 2 fully saturated rings. The molecule has 1 aromatic carbocycles. The second-order valence-corrected chi connectivity index (χ2v) is 7.49. The molecule has 0 aromatic heterocycles. The molecule has 1 atom stereocenters. The summed E-state index contributed by atoms with van der Waals surface area (Å²) < 4.78 is 4.85. The van der Waals surface area contributed by atoms with Crippen molar-refractivity contribution in [3.63, 3.8) is 0 Å². The van der Waals surface area contributed by atoms with Crippen LogP contribution in [0.15, 0.2) is 30.3 Å². The van der Waals surface area contributed by atoms with Crippen LogP contribution >= 0.6 is 11.8 Å². The van der Waals surface area contributed by atoms with E-state index in [2.05, 4.69) is 12.1 Å². The minimum Gasteiger partial charge on any atom is -0.469 e. The van der Waals surface area contributed by atoms with Crippen LogP contribution < -0.4 is 0 Å². The van der Waals surface area contributed by atoms with Crippen molar-refractivity contribution in [1.82, 2.24) is 4.90 Å². The minimum atomic E-state index is -0.0804. The highest BCUT2D eigenvalue weighted by Gasteiger charge is 2.59. The number of thioether (sulfide) groups is 1. The predicted molar refractivity (Wildman–Crippen MR) is 91.0 cm³/mol. The van der Waals surface area contributed by atoms with E-state index in [1.165, 1.54) is 12.7 Å². The van der Waals surface area contributed by atoms with E-state index in [1.54, 1.807) is 11.8 Å². The number of hydrogen-bond acceptors (Lipinski definition) is 4. The van der Waals surface area contributed by atoms with Gasteiger partial charge >= 0.3 is 5.97 Å². The molecule has 0 N–H and O–H groups in total. The van der Waals surface area contributed by atoms with Gasteiger partial charge in [0.25, 0.3) is 0 Å². The Hall–Kier alpha value is -1.49. The Morgan fingerprint density at radius 1 is 1.26 bits per heavy atom. The van der Waals surface area contributed by atoms with E-state index in [9.17, 15) is 9.59 Å². The number of rotatable bonds is 5. The number of benzene rings is 1. The Bertz CT molecular complexity index is 567. The van der Waals surface area contributed by atoms with Crippen LogP contribution in [-0.2, 0) is 20.1 Å². The van der Waals surface area contributed by atoms with Gasteiger partial charge in [-0.05, 0) is 30.2 Å². The Labute approximate surface area is 141 Å². The molecule has 0 unspecified atom stereocenters. The molecule has 3 rings (SSSR count). The van der Waals surface area contributed by atoms with Crippen LogP contribution in [0.1, 0.15) is 24.8 Å². The van der Waals surface area contributed by atoms with Crippen LogP contribution in [0, 0.1) is 11.3 Å². The first-order valence-corrected chi connectivity index (χ1v) is 9.27. The van der Waals surface area contributed by atoms with Gasteiger partial charge in [-0.25, -0.2) is 0 Å². The Morgan fingerprint density at radius 3 is 2.61 bits per heavy atom. The summed E-state index contributed by atoms with van der Waals surface area (Å²) in [7, 11) is 1.46. The van der Waals surface area contributed by atoms with Gasteiger partial charge in [-0.2, -0.15) is 0 Å². The Balaban J connectivity index is 1.40. The largest absolute Gasteiger partial charge is 0.469 e. The monoisotopic (exact) mass is 333 g/mol. The lowest BCUT2D eigenvalue weighted by molar-refractivity contribution is -0.143. The quantitative estimate of drug-likeness (QED) is 0.777. The fraction of sp³-hybridized carbons (Fsp3) is 0.556. The molecule has 2 aliphatic rings. The second-order valence-electron chi connectivity index (χ2n) is 6.50. The number of ether oxygens (including phenoxy) is 1. The van der Waals surface area contributed by atoms with Crippen LogP contribution in [0.3, 0.4) is 0 Å². The number of methoxy groups -OCH3 is 1. The standard InChI is InChI=1S/C18H23NO3S/c1-22-17(21)15-11-18(15)7-9-19(10-8-18)16(20)13-23-12-14-5-3-2-4-6-14/h2-6,15H,7-13H2,1H3/t15-/m1/s1. The maximum Gasteiger partial charge on any atom is 0.309 e. The molecule has 23 heavy (non-hydrogen) atoms. The molecular formula is C18H23NO3S. The second kappa shape index (κ2) is 6.95. The highest BCUT2D eigenvalue weighted by atomic mass is 32.2. The van der Waals surface area contributed by atoms with Gasteiger partial charge in [-0.1, -0.05) is 30.3 Å². The maximum atomic E-state index is 12.3. The van der Waals surface area contributed by atoms with E-state index in [-0.39, 0.29) is 23.2 Å². The molecule has 1 heterocycles. The molecule has 1 saturated carbocycles. The molecule has 1 saturated heterocycles. The average Bonchev–Trinajstić information content (AvgIpc) is 3.29. The summed E-state index contributed by atoms with van der Waals surface area (Å²) in [6.07, 6.45) is 2.80. The van der Waals surface area contributed by atoms with E-state index in [4.69, 9.17) is 4.74 Å². The molecule has 4 nitrogen and oxygen atoms in total. The number of esters is 1. The SMILES string of the molecule is COC(=O)[C@H]1CC12CCN(C(=O)CSCc1ccccc1)CC2. The van der Waals surface area contributed by atoms with Gasteiger partial charge in [0, 0.05) is 18.8 Å². The van der Waals surface area contributed by atoms with E-state index in [1.807, 2.05) is 23.1 Å². The maximum absolute atomic E-state index is 12.3. The minimum absolute atomic E-state index is 0.0669. The zero-order valence-electron chi connectivity index (χ0n) is 13.5. The fourth-order valence-corrected chi connectivity index (χ4v) is 4.39. The summed E-state index contributed by atoms with van der Waals surface area (Å²) in [4.78, 5) is 25.9. The summed E-state index contributed by atoms with van der Waals surface area (Å²) in [5.74, 6) is 1.60. The lowest BCUT2D eigenvalue weighted by atomic mass is 9.91. The smallest absolute Gasteiger partial charge is 0.309 e. The number of nitrogens with zero attached hydrogens (tertiary/aromatic N) is 1. The van der Waals surface area contributed by atoms with E-state index in [0.29, 0.717) is 5.75 Å². The van der Waals surface area contributed by atoms with Gasteiger partial charge in [0.1, 0.15) is 0 Å². The molecule has 1 aliphatic heterocycles. The van der Waals surface area contributed by atoms with Crippen molar-refractivity contribution < 1.29 is 14.3 Å². The van der Waals surface area contributed by atoms with Crippen molar-refractivity contribution >= 4 is 23.6 Å². The predicted octanol–water partition coefficient (Wildman–Crippen LogP) is 2.72. The molecule has 1 aliphatic carbocycles. The molecule has 1 aromatic rings. The highest BCUT2D eigenvalue weighted by molar-refractivity contribution is 7.99. The van der Waals surface area contributed by atoms with Crippen molar-refractivity contribution in [2.45, 2.75) is 25.0 Å². The van der Waals surface area contributed by atoms with Crippen LogP contribution in [0.25, 0.3) is 0 Å². The molecule has 5 heteroatoms. The third-order valence-electron chi connectivity index (χ3n) is 5.12. The highest BCUT2D eigenvalue weighted by Crippen LogP contribution is 2.59. The van der Waals surface area contributed by atoms with Crippen molar-refractivity contribution in [1.29, 1.82) is 0 Å². The van der Waals surface area contributed by atoms with Crippen LogP contribution in [-0.4, -0.2) is 42.7 Å². The number of hydrogen-bond donors (Lipinski definition) is 0. The molecule has 124 valence electrons. The van der Waals surface area contributed by atoms with E-state index in [0.717, 1.165) is 38.1 Å². The number of likely N-dealkylation sites (tertiary alicyclic amines) is 1. The van der Waals surface area contributed by atoms with Gasteiger partial charge in [0.05, 0.1) is 18.8 Å². The van der Waals surface area contributed by atoms with E-state index >= 15 is 0 Å². The van der Waals surface area contributed by atoms with Gasteiger partial charge in [0.2, 0.25) is 5.91 Å². The van der Waals surface area contributed by atoms with Crippen LogP contribution in [0.4, 0.5) is 0 Å². The molecule has 0 radical (unpaired) electrons. The molecule has 1 amide bonds. The number of piperidine rings is 1. The van der Waals surface area contributed by atoms with E-state index < -0.39 is 0 Å². The van der Waals surface area contributed by atoms with Crippen LogP contribution in [0.2, 0.25) is 0 Å². The zero-order valence-corrected chi connectivity index (χ0v) is 14.3. The summed E-state index contributed by atoms with van der Waals surface area (Å²) in [6, 6.07) is 10.2. The molecular weight excluding hydrogens is 310 g/mol. The van der Waals surface area contributed by atoms with Crippen molar-refractivity contribution in [3.8, 4) is 0 Å². The number of carbonyl (C=O) groups is 2. The first kappa shape index (κ1) is 16.4. The van der Waals surface area contributed by atoms with Gasteiger partial charge in [-0.15, -0.1) is 11.8 Å². The average molecular weight is 333 g/mol. The lowest BCUT2D eigenvalue weighted by Crippen LogP contribution is -2.40. The lowest BCUT2D eigenvalue weighted by Gasteiger charge is -2.32. The van der Waals surface area contributed by atoms with Crippen molar-refractivity contribution in [2.24, 2.45) is 11.3 Å². The third kappa shape index (κ3) is 3.71. The van der Waals surface area contributed by atoms with Crippen molar-refractivity contribution in [3.05, 3.63) is 35.9 Å². The van der Waals surface area contributed by atoms with Gasteiger partial charge in [0.15, 0.2) is 0 Å². The molecule has 1 spiro atoms. The Kier molecular flexibility index (Phi) is 4.95. The summed E-state index contributed by atoms with van der Waals surface area (Å²) >= 11 is 1.67. The summed E-state index contributed by atoms with van der Waals surface area (Å²) in [6.45, 7) is 1.55. The summed E-state index contributed by atoms with van der Waals surface area (Å²) in [5.41, 5.74) is 1.38. The first-order chi connectivity index (χ1) is 11.1. The van der Waals surface area contributed by atoms with Gasteiger partial charge in [-0.3, -0.25) is 9.59 Å². The fourth-order valence-electron chi connectivity index (χ4n) is 3.50. The molecule has 0 bridgehead atoms. The number of carbonyl (C=O) groups excluding carboxylic acids is 2. The first-order valence-electron chi connectivity index (χ1n) is 8.12. The Morgan fingerprint density at radius 2 is 1.96 bits per heavy atom. The van der Waals surface area contributed by atoms with Crippen LogP contribution in [0.5, 0.6) is 0 Å². The topological polar surface area (TPSA) is 46.6 Å². The third-order valence-corrected chi connectivity index (χ3v) is 6.11.